The summed E-state index contributed by atoms with van der Waals surface area (Å²) in [4.78, 5) is 2.51. The molecule has 0 saturated carbocycles. The van der Waals surface area contributed by atoms with Crippen molar-refractivity contribution in [2.75, 3.05) is 32.8 Å². The second kappa shape index (κ2) is 8.93. The van der Waals surface area contributed by atoms with Crippen molar-refractivity contribution in [3.63, 3.8) is 0 Å². The number of ether oxygens (including phenoxy) is 2. The highest BCUT2D eigenvalue weighted by Gasteiger charge is 2.35. The lowest BCUT2D eigenvalue weighted by Crippen LogP contribution is -2.60. The van der Waals surface area contributed by atoms with Crippen LogP contribution in [0.1, 0.15) is 29.7 Å². The molecule has 166 valence electrons. The van der Waals surface area contributed by atoms with Gasteiger partial charge in [0.15, 0.2) is 11.5 Å². The molecular weight excluding hydrogens is 403 g/mol. The summed E-state index contributed by atoms with van der Waals surface area (Å²) in [6.45, 7) is 6.17. The van der Waals surface area contributed by atoms with E-state index in [9.17, 15) is 4.39 Å². The van der Waals surface area contributed by atoms with Crippen LogP contribution in [0.3, 0.4) is 0 Å². The van der Waals surface area contributed by atoms with Gasteiger partial charge in [0.05, 0.1) is 6.04 Å². The molecule has 32 heavy (non-hydrogen) atoms. The third kappa shape index (κ3) is 4.50. The lowest BCUT2D eigenvalue weighted by molar-refractivity contribution is 0.115. The number of halogens is 1. The van der Waals surface area contributed by atoms with Crippen LogP contribution in [0.2, 0.25) is 0 Å². The molecule has 2 heterocycles. The lowest BCUT2D eigenvalue weighted by Gasteiger charge is -2.45. The lowest BCUT2D eigenvalue weighted by atomic mass is 9.87. The molecule has 5 heteroatoms. The van der Waals surface area contributed by atoms with Crippen LogP contribution in [-0.4, -0.2) is 43.3 Å². The van der Waals surface area contributed by atoms with Gasteiger partial charge in [0, 0.05) is 25.2 Å². The maximum Gasteiger partial charge on any atom is 0.161 e. The quantitative estimate of drug-likeness (QED) is 0.639. The first-order valence-electron chi connectivity index (χ1n) is 11.3. The summed E-state index contributed by atoms with van der Waals surface area (Å²) >= 11 is 0. The fourth-order valence-electron chi connectivity index (χ4n) is 4.97. The Bertz CT molecular complexity index is 1060. The van der Waals surface area contributed by atoms with Crippen molar-refractivity contribution < 1.29 is 13.9 Å². The number of piperazine rings is 1. The minimum absolute atomic E-state index is 0.0819. The van der Waals surface area contributed by atoms with Crippen molar-refractivity contribution >= 4 is 0 Å². The van der Waals surface area contributed by atoms with E-state index in [2.05, 4.69) is 53.5 Å². The SMILES string of the molecule is CC1(Cc2ccc3c(c2)OCCO3)CN(C(c2ccccc2)c2ccc(F)cc2)CCN1. The van der Waals surface area contributed by atoms with Gasteiger partial charge in [0.1, 0.15) is 19.0 Å². The highest BCUT2D eigenvalue weighted by molar-refractivity contribution is 5.44. The van der Waals surface area contributed by atoms with E-state index >= 15 is 0 Å². The van der Waals surface area contributed by atoms with Crippen LogP contribution in [0.4, 0.5) is 4.39 Å². The van der Waals surface area contributed by atoms with Crippen molar-refractivity contribution in [1.29, 1.82) is 0 Å². The monoisotopic (exact) mass is 432 g/mol. The van der Waals surface area contributed by atoms with Crippen LogP contribution in [0.25, 0.3) is 0 Å². The number of hydrogen-bond acceptors (Lipinski definition) is 4. The molecule has 0 spiro atoms. The van der Waals surface area contributed by atoms with Gasteiger partial charge in [-0.2, -0.15) is 0 Å². The van der Waals surface area contributed by atoms with E-state index in [4.69, 9.17) is 9.47 Å². The zero-order valence-electron chi connectivity index (χ0n) is 18.4. The third-order valence-electron chi connectivity index (χ3n) is 6.37. The van der Waals surface area contributed by atoms with Crippen LogP contribution in [0, 0.1) is 5.82 Å². The van der Waals surface area contributed by atoms with Gasteiger partial charge in [0.25, 0.3) is 0 Å². The maximum atomic E-state index is 13.6. The van der Waals surface area contributed by atoms with Crippen LogP contribution >= 0.6 is 0 Å². The first-order valence-corrected chi connectivity index (χ1v) is 11.3. The van der Waals surface area contributed by atoms with Gasteiger partial charge < -0.3 is 14.8 Å². The topological polar surface area (TPSA) is 33.7 Å². The minimum atomic E-state index is -0.204. The molecule has 2 aliphatic rings. The first-order chi connectivity index (χ1) is 15.6. The van der Waals surface area contributed by atoms with E-state index in [-0.39, 0.29) is 17.4 Å². The van der Waals surface area contributed by atoms with E-state index in [1.807, 2.05) is 24.3 Å². The summed E-state index contributed by atoms with van der Waals surface area (Å²) in [5, 5.41) is 3.75. The fourth-order valence-corrected chi connectivity index (χ4v) is 4.97. The van der Waals surface area contributed by atoms with E-state index in [1.54, 1.807) is 12.1 Å². The van der Waals surface area contributed by atoms with Crippen molar-refractivity contribution in [1.82, 2.24) is 10.2 Å². The largest absolute Gasteiger partial charge is 0.486 e. The summed E-state index contributed by atoms with van der Waals surface area (Å²) in [7, 11) is 0. The summed E-state index contributed by atoms with van der Waals surface area (Å²) in [6.07, 6.45) is 0.880. The van der Waals surface area contributed by atoms with E-state index in [1.165, 1.54) is 11.1 Å². The van der Waals surface area contributed by atoms with Gasteiger partial charge >= 0.3 is 0 Å². The first kappa shape index (κ1) is 21.0. The Morgan fingerprint density at radius 2 is 1.66 bits per heavy atom. The number of benzene rings is 3. The molecular formula is C27H29FN2O2. The van der Waals surface area contributed by atoms with Gasteiger partial charge in [-0.3, -0.25) is 4.90 Å². The Morgan fingerprint density at radius 3 is 2.44 bits per heavy atom. The average Bonchev–Trinajstić information content (AvgIpc) is 2.81. The molecule has 0 bridgehead atoms. The molecule has 3 aromatic carbocycles. The molecule has 0 amide bonds. The summed E-state index contributed by atoms with van der Waals surface area (Å²) in [6, 6.07) is 23.8. The number of nitrogens with one attached hydrogen (secondary N) is 1. The zero-order chi connectivity index (χ0) is 22.0. The fraction of sp³-hybridized carbons (Fsp3) is 0.333. The molecule has 2 unspecified atom stereocenters. The molecule has 2 atom stereocenters. The van der Waals surface area contributed by atoms with E-state index in [0.29, 0.717) is 13.2 Å². The number of hydrogen-bond donors (Lipinski definition) is 1. The number of rotatable bonds is 5. The maximum absolute atomic E-state index is 13.6. The molecule has 0 aliphatic carbocycles. The Balaban J connectivity index is 1.41. The smallest absolute Gasteiger partial charge is 0.161 e. The zero-order valence-corrected chi connectivity index (χ0v) is 18.4. The van der Waals surface area contributed by atoms with Crippen LogP contribution < -0.4 is 14.8 Å². The normalized spacial score (nSPS) is 21.8. The second-order valence-electron chi connectivity index (χ2n) is 8.98. The van der Waals surface area contributed by atoms with E-state index in [0.717, 1.165) is 43.1 Å². The van der Waals surface area contributed by atoms with Crippen molar-refractivity contribution in [2.45, 2.75) is 24.9 Å². The average molecular weight is 433 g/mol. The highest BCUT2D eigenvalue weighted by atomic mass is 19.1. The molecule has 5 rings (SSSR count). The van der Waals surface area contributed by atoms with Crippen LogP contribution in [-0.2, 0) is 6.42 Å². The number of nitrogens with zero attached hydrogens (tertiary/aromatic N) is 1. The summed E-state index contributed by atoms with van der Waals surface area (Å²) in [5.41, 5.74) is 3.46. The second-order valence-corrected chi connectivity index (χ2v) is 8.98. The predicted molar refractivity (Wildman–Crippen MR) is 124 cm³/mol. The molecule has 1 saturated heterocycles. The minimum Gasteiger partial charge on any atom is -0.486 e. The Labute approximate surface area is 189 Å². The van der Waals surface area contributed by atoms with Crippen LogP contribution in [0.15, 0.2) is 72.8 Å². The van der Waals surface area contributed by atoms with Gasteiger partial charge in [-0.1, -0.05) is 48.5 Å². The number of fused-ring (bicyclic) bond motifs is 1. The van der Waals surface area contributed by atoms with Gasteiger partial charge in [-0.25, -0.2) is 4.39 Å². The molecule has 3 aromatic rings. The van der Waals surface area contributed by atoms with Gasteiger partial charge in [-0.05, 0) is 54.3 Å². The van der Waals surface area contributed by atoms with Gasteiger partial charge in [-0.15, -0.1) is 0 Å². The molecule has 0 aromatic heterocycles. The molecule has 1 N–H and O–H groups in total. The molecule has 4 nitrogen and oxygen atoms in total. The molecule has 0 radical (unpaired) electrons. The molecule has 1 fully saturated rings. The van der Waals surface area contributed by atoms with Gasteiger partial charge in [0.2, 0.25) is 0 Å². The van der Waals surface area contributed by atoms with Crippen molar-refractivity contribution in [3.05, 3.63) is 95.3 Å². The highest BCUT2D eigenvalue weighted by Crippen LogP contribution is 2.34. The van der Waals surface area contributed by atoms with Crippen molar-refractivity contribution in [2.24, 2.45) is 0 Å². The Morgan fingerprint density at radius 1 is 0.938 bits per heavy atom. The Hall–Kier alpha value is -2.89. The summed E-state index contributed by atoms with van der Waals surface area (Å²) in [5.74, 6) is 1.45. The van der Waals surface area contributed by atoms with Crippen molar-refractivity contribution in [3.8, 4) is 11.5 Å². The van der Waals surface area contributed by atoms with Crippen LogP contribution in [0.5, 0.6) is 11.5 Å². The Kier molecular flexibility index (Phi) is 5.85. The van der Waals surface area contributed by atoms with E-state index < -0.39 is 0 Å². The standard InChI is InChI=1S/C27H29FN2O2/c1-27(18-20-7-12-24-25(17-20)32-16-15-31-24)19-30(14-13-29-27)26(21-5-3-2-4-6-21)22-8-10-23(28)11-9-22/h2-12,17,26,29H,13-16,18-19H2,1H3. The third-order valence-corrected chi connectivity index (χ3v) is 6.37. The molecule has 2 aliphatic heterocycles. The summed E-state index contributed by atoms with van der Waals surface area (Å²) < 4.78 is 25.1. The predicted octanol–water partition coefficient (Wildman–Crippen LogP) is 4.59.